The molecule has 1 aromatic carbocycles. The van der Waals surface area contributed by atoms with Crippen LogP contribution in [0, 0.1) is 0 Å². The van der Waals surface area contributed by atoms with E-state index in [1.807, 2.05) is 11.9 Å². The first-order valence-electron chi connectivity index (χ1n) is 5.26. The Kier molecular flexibility index (Phi) is 2.84. The number of hydrogen-bond acceptors (Lipinski definition) is 4. The lowest BCUT2D eigenvalue weighted by Crippen LogP contribution is -2.44. The van der Waals surface area contributed by atoms with E-state index in [1.54, 1.807) is 11.8 Å². The van der Waals surface area contributed by atoms with Crippen molar-refractivity contribution in [2.75, 3.05) is 19.8 Å². The van der Waals surface area contributed by atoms with E-state index in [9.17, 15) is 0 Å². The van der Waals surface area contributed by atoms with Gasteiger partial charge in [0.15, 0.2) is 5.96 Å². The predicted molar refractivity (Wildman–Crippen MR) is 69.8 cm³/mol. The van der Waals surface area contributed by atoms with E-state index in [0.29, 0.717) is 5.96 Å². The molecule has 1 heterocycles. The largest absolute Gasteiger partial charge is 0.370 e. The van der Waals surface area contributed by atoms with Gasteiger partial charge in [0.1, 0.15) is 0 Å². The summed E-state index contributed by atoms with van der Waals surface area (Å²) in [6, 6.07) is 8.62. The Morgan fingerprint density at radius 2 is 2.00 bits per heavy atom. The van der Waals surface area contributed by atoms with Crippen LogP contribution in [0.25, 0.3) is 0 Å². The molecule has 0 saturated heterocycles. The zero-order valence-corrected chi connectivity index (χ0v) is 10.7. The maximum Gasteiger partial charge on any atom is 0.191 e. The number of nitrogens with zero attached hydrogens (tertiary/aromatic N) is 2. The zero-order chi connectivity index (χ0) is 11.8. The Labute approximate surface area is 101 Å². The van der Waals surface area contributed by atoms with Gasteiger partial charge in [0.25, 0.3) is 0 Å². The predicted octanol–water partition coefficient (Wildman–Crippen LogP) is 1.88. The van der Waals surface area contributed by atoms with E-state index >= 15 is 0 Å². The van der Waals surface area contributed by atoms with Gasteiger partial charge in [-0.1, -0.05) is 12.1 Å². The van der Waals surface area contributed by atoms with Crippen LogP contribution in [0.2, 0.25) is 0 Å². The summed E-state index contributed by atoms with van der Waals surface area (Å²) in [6.45, 7) is 2.90. The fraction of sp³-hybridized carbons (Fsp3) is 0.417. The minimum Gasteiger partial charge on any atom is -0.370 e. The minimum absolute atomic E-state index is 0.0962. The molecule has 2 N–H and O–H groups in total. The maximum absolute atomic E-state index is 5.82. The Balaban J connectivity index is 2.30. The van der Waals surface area contributed by atoms with Crippen LogP contribution in [0.15, 0.2) is 34.2 Å². The van der Waals surface area contributed by atoms with Gasteiger partial charge in [-0.2, -0.15) is 0 Å². The summed E-state index contributed by atoms with van der Waals surface area (Å²) in [4.78, 5) is 7.63. The molecule has 0 aliphatic carbocycles. The summed E-state index contributed by atoms with van der Waals surface area (Å²) in [5, 5.41) is 0. The van der Waals surface area contributed by atoms with Gasteiger partial charge in [-0.05, 0) is 30.9 Å². The molecule has 3 nitrogen and oxygen atoms in total. The molecule has 4 heteroatoms. The summed E-state index contributed by atoms with van der Waals surface area (Å²) < 4.78 is 0. The quantitative estimate of drug-likeness (QED) is 0.796. The Hall–Kier alpha value is -1.16. The smallest absolute Gasteiger partial charge is 0.191 e. The maximum atomic E-state index is 5.82. The van der Waals surface area contributed by atoms with E-state index in [1.165, 1.54) is 10.5 Å². The van der Waals surface area contributed by atoms with Gasteiger partial charge >= 0.3 is 0 Å². The molecular weight excluding hydrogens is 218 g/mol. The molecule has 1 atom stereocenters. The van der Waals surface area contributed by atoms with E-state index in [4.69, 9.17) is 5.73 Å². The van der Waals surface area contributed by atoms with Gasteiger partial charge in [-0.15, -0.1) is 11.8 Å². The molecular formula is C12H17N3S. The number of guanidine groups is 1. The summed E-state index contributed by atoms with van der Waals surface area (Å²) in [5.74, 6) is 0.622. The van der Waals surface area contributed by atoms with Crippen LogP contribution >= 0.6 is 11.8 Å². The second kappa shape index (κ2) is 4.01. The van der Waals surface area contributed by atoms with Gasteiger partial charge < -0.3 is 10.6 Å². The average Bonchev–Trinajstić information content (AvgIpc) is 2.59. The van der Waals surface area contributed by atoms with Gasteiger partial charge in [0, 0.05) is 11.9 Å². The van der Waals surface area contributed by atoms with Crippen molar-refractivity contribution in [1.82, 2.24) is 4.90 Å². The van der Waals surface area contributed by atoms with E-state index in [2.05, 4.69) is 42.4 Å². The third kappa shape index (κ3) is 1.67. The molecule has 2 rings (SSSR count). The first kappa shape index (κ1) is 11.3. The van der Waals surface area contributed by atoms with Crippen molar-refractivity contribution in [2.24, 2.45) is 10.7 Å². The van der Waals surface area contributed by atoms with Crippen LogP contribution in [0.4, 0.5) is 0 Å². The van der Waals surface area contributed by atoms with Crippen LogP contribution in [-0.4, -0.2) is 30.7 Å². The molecule has 0 bridgehead atoms. The lowest BCUT2D eigenvalue weighted by molar-refractivity contribution is 0.267. The molecule has 1 unspecified atom stereocenters. The van der Waals surface area contributed by atoms with E-state index in [-0.39, 0.29) is 5.54 Å². The number of nitrogens with two attached hydrogens (primary N) is 1. The summed E-state index contributed by atoms with van der Waals surface area (Å²) in [6.07, 6.45) is 2.08. The lowest BCUT2D eigenvalue weighted by atomic mass is 9.92. The van der Waals surface area contributed by atoms with Crippen molar-refractivity contribution in [1.29, 1.82) is 0 Å². The van der Waals surface area contributed by atoms with Crippen LogP contribution in [-0.2, 0) is 5.54 Å². The molecule has 0 aromatic heterocycles. The monoisotopic (exact) mass is 235 g/mol. The van der Waals surface area contributed by atoms with Crippen LogP contribution in [0.5, 0.6) is 0 Å². The van der Waals surface area contributed by atoms with Crippen LogP contribution < -0.4 is 5.73 Å². The van der Waals surface area contributed by atoms with Crippen LogP contribution in [0.3, 0.4) is 0 Å². The third-order valence-electron chi connectivity index (χ3n) is 3.34. The topological polar surface area (TPSA) is 41.6 Å². The number of benzene rings is 1. The second-order valence-corrected chi connectivity index (χ2v) is 5.12. The molecule has 0 radical (unpaired) electrons. The fourth-order valence-corrected chi connectivity index (χ4v) is 2.34. The number of thioether (sulfide) groups is 1. The molecule has 0 amide bonds. The molecule has 0 fully saturated rings. The van der Waals surface area contributed by atoms with E-state index < -0.39 is 0 Å². The highest BCUT2D eigenvalue weighted by Gasteiger charge is 2.36. The van der Waals surface area contributed by atoms with Crippen molar-refractivity contribution < 1.29 is 0 Å². The second-order valence-electron chi connectivity index (χ2n) is 4.24. The van der Waals surface area contributed by atoms with Gasteiger partial charge in [-0.25, -0.2) is 0 Å². The third-order valence-corrected chi connectivity index (χ3v) is 4.09. The lowest BCUT2D eigenvalue weighted by Gasteiger charge is -2.33. The average molecular weight is 235 g/mol. The highest BCUT2D eigenvalue weighted by Crippen LogP contribution is 2.32. The van der Waals surface area contributed by atoms with Crippen molar-refractivity contribution in [3.8, 4) is 0 Å². The highest BCUT2D eigenvalue weighted by molar-refractivity contribution is 7.98. The van der Waals surface area contributed by atoms with Gasteiger partial charge in [-0.3, -0.25) is 4.99 Å². The summed E-state index contributed by atoms with van der Waals surface area (Å²) in [7, 11) is 1.99. The number of hydrogen-bond donors (Lipinski definition) is 1. The Bertz CT molecular complexity index is 413. The van der Waals surface area contributed by atoms with Crippen molar-refractivity contribution in [2.45, 2.75) is 17.4 Å². The molecule has 1 aliphatic heterocycles. The van der Waals surface area contributed by atoms with Gasteiger partial charge in [0.2, 0.25) is 0 Å². The fourth-order valence-electron chi connectivity index (χ4n) is 1.93. The summed E-state index contributed by atoms with van der Waals surface area (Å²) in [5.41, 5.74) is 6.98. The highest BCUT2D eigenvalue weighted by atomic mass is 32.2. The zero-order valence-electron chi connectivity index (χ0n) is 9.90. The molecule has 0 spiro atoms. The Morgan fingerprint density at radius 1 is 1.38 bits per heavy atom. The first-order valence-corrected chi connectivity index (χ1v) is 6.48. The van der Waals surface area contributed by atoms with Gasteiger partial charge in [0.05, 0.1) is 12.1 Å². The molecule has 1 aromatic rings. The van der Waals surface area contributed by atoms with Crippen molar-refractivity contribution >= 4 is 17.7 Å². The normalized spacial score (nSPS) is 24.7. The standard InChI is InChI=1S/C12H17N3S/c1-12(8-14-11(13)15(12)2)9-4-6-10(16-3)7-5-9/h4-7H,8H2,1-3H3,(H2,13,14). The molecule has 1 aliphatic rings. The Morgan fingerprint density at radius 3 is 2.44 bits per heavy atom. The van der Waals surface area contributed by atoms with Crippen molar-refractivity contribution in [3.05, 3.63) is 29.8 Å². The number of rotatable bonds is 2. The SMILES string of the molecule is CSc1ccc(C2(C)CN=C(N)N2C)cc1. The minimum atomic E-state index is -0.0962. The molecule has 0 saturated carbocycles. The number of likely N-dealkylation sites (N-methyl/N-ethyl adjacent to an activating group) is 1. The van der Waals surface area contributed by atoms with Crippen LogP contribution in [0.1, 0.15) is 12.5 Å². The number of aliphatic imine (C=N–C) groups is 1. The summed E-state index contributed by atoms with van der Waals surface area (Å²) >= 11 is 1.75. The van der Waals surface area contributed by atoms with Crippen molar-refractivity contribution in [3.63, 3.8) is 0 Å². The molecule has 86 valence electrons. The molecule has 16 heavy (non-hydrogen) atoms. The first-order chi connectivity index (χ1) is 7.58. The van der Waals surface area contributed by atoms with E-state index in [0.717, 1.165) is 6.54 Å².